The normalized spacial score (nSPS) is 23.5. The van der Waals surface area contributed by atoms with Gasteiger partial charge in [0.15, 0.2) is 0 Å². The molecule has 5 nitrogen and oxygen atoms in total. The molecule has 2 amide bonds. The summed E-state index contributed by atoms with van der Waals surface area (Å²) in [6.07, 6.45) is 1.02. The first-order valence-corrected chi connectivity index (χ1v) is 7.38. The van der Waals surface area contributed by atoms with Gasteiger partial charge in [-0.05, 0) is 36.0 Å². The van der Waals surface area contributed by atoms with Gasteiger partial charge in [-0.1, -0.05) is 29.3 Å². The second kappa shape index (κ2) is 5.66. The number of carbonyl (C=O) groups is 2. The van der Waals surface area contributed by atoms with Gasteiger partial charge in [-0.25, -0.2) is 5.43 Å². The van der Waals surface area contributed by atoms with Crippen molar-refractivity contribution in [2.24, 2.45) is 11.0 Å². The van der Waals surface area contributed by atoms with Crippen LogP contribution in [-0.2, 0) is 9.59 Å². The van der Waals surface area contributed by atoms with Crippen LogP contribution in [0.4, 0.5) is 0 Å². The van der Waals surface area contributed by atoms with Crippen LogP contribution < -0.4 is 10.7 Å². The van der Waals surface area contributed by atoms with Gasteiger partial charge in [0.25, 0.3) is 5.91 Å². The molecule has 3 rings (SSSR count). The topological polar surface area (TPSA) is 70.6 Å². The van der Waals surface area contributed by atoms with E-state index in [2.05, 4.69) is 15.8 Å². The smallest absolute Gasteiger partial charge is 0.268 e. The summed E-state index contributed by atoms with van der Waals surface area (Å²) in [4.78, 5) is 22.8. The van der Waals surface area contributed by atoms with Gasteiger partial charge in [0.05, 0.1) is 6.42 Å². The zero-order valence-corrected chi connectivity index (χ0v) is 12.5. The van der Waals surface area contributed by atoms with E-state index < -0.39 is 0 Å². The molecule has 1 fully saturated rings. The molecule has 0 bridgehead atoms. The molecule has 2 atom stereocenters. The Labute approximate surface area is 131 Å². The van der Waals surface area contributed by atoms with E-state index in [1.54, 1.807) is 6.07 Å². The van der Waals surface area contributed by atoms with E-state index in [0.717, 1.165) is 12.0 Å². The van der Waals surface area contributed by atoms with E-state index in [0.29, 0.717) is 28.4 Å². The molecular weight excluding hydrogens is 313 g/mol. The van der Waals surface area contributed by atoms with Gasteiger partial charge in [0.2, 0.25) is 5.91 Å². The van der Waals surface area contributed by atoms with E-state index in [1.165, 1.54) is 0 Å². The Balaban J connectivity index is 1.52. The number of hydrogen-bond acceptors (Lipinski definition) is 3. The molecule has 2 N–H and O–H groups in total. The van der Waals surface area contributed by atoms with Gasteiger partial charge in [0.1, 0.15) is 5.71 Å². The average molecular weight is 326 g/mol. The highest BCUT2D eigenvalue weighted by Gasteiger charge is 2.39. The van der Waals surface area contributed by atoms with Crippen molar-refractivity contribution in [2.45, 2.75) is 18.8 Å². The highest BCUT2D eigenvalue weighted by Crippen LogP contribution is 2.49. The molecule has 1 aliphatic heterocycles. The standard InChI is InChI=1S/C14H13Cl2N3O2/c15-8-1-2-9(11(16)4-8)10-3-7(10)6-17-14(21)12-5-13(20)19-18-12/h1-2,4,7,10H,3,5-6H2,(H,17,21)(H,19,20)/t7-,10+/m0/s1. The lowest BCUT2D eigenvalue weighted by atomic mass is 10.1. The maximum Gasteiger partial charge on any atom is 0.268 e. The Morgan fingerprint density at radius 2 is 2.24 bits per heavy atom. The third kappa shape index (κ3) is 3.19. The van der Waals surface area contributed by atoms with Crippen LogP contribution in [0.2, 0.25) is 10.0 Å². The molecule has 21 heavy (non-hydrogen) atoms. The molecule has 2 aliphatic rings. The predicted octanol–water partition coefficient (Wildman–Crippen LogP) is 2.09. The van der Waals surface area contributed by atoms with E-state index in [1.807, 2.05) is 12.1 Å². The lowest BCUT2D eigenvalue weighted by Crippen LogP contribution is -2.32. The fourth-order valence-electron chi connectivity index (χ4n) is 2.47. The molecule has 0 aromatic heterocycles. The summed E-state index contributed by atoms with van der Waals surface area (Å²) >= 11 is 12.1. The molecule has 1 aliphatic carbocycles. The van der Waals surface area contributed by atoms with Crippen molar-refractivity contribution in [1.82, 2.24) is 10.7 Å². The first-order chi connectivity index (χ1) is 10.0. The number of nitrogens with one attached hydrogen (secondary N) is 2. The first-order valence-electron chi connectivity index (χ1n) is 6.63. The zero-order valence-electron chi connectivity index (χ0n) is 11.0. The van der Waals surface area contributed by atoms with E-state index >= 15 is 0 Å². The van der Waals surface area contributed by atoms with Gasteiger partial charge < -0.3 is 5.32 Å². The number of halogens is 2. The second-order valence-electron chi connectivity index (χ2n) is 5.25. The summed E-state index contributed by atoms with van der Waals surface area (Å²) in [6.45, 7) is 0.551. The van der Waals surface area contributed by atoms with Crippen molar-refractivity contribution >= 4 is 40.7 Å². The van der Waals surface area contributed by atoms with Gasteiger partial charge in [-0.15, -0.1) is 0 Å². The van der Waals surface area contributed by atoms with E-state index in [4.69, 9.17) is 23.2 Å². The number of carbonyl (C=O) groups excluding carboxylic acids is 2. The molecule has 110 valence electrons. The largest absolute Gasteiger partial charge is 0.351 e. The molecule has 7 heteroatoms. The summed E-state index contributed by atoms with van der Waals surface area (Å²) in [5.74, 6) is 0.164. The van der Waals surface area contributed by atoms with Crippen molar-refractivity contribution in [3.8, 4) is 0 Å². The van der Waals surface area contributed by atoms with Crippen LogP contribution in [0.1, 0.15) is 24.3 Å². The summed E-state index contributed by atoms with van der Waals surface area (Å²) in [5, 5.41) is 7.77. The van der Waals surface area contributed by atoms with Crippen LogP contribution in [0.25, 0.3) is 0 Å². The van der Waals surface area contributed by atoms with Gasteiger partial charge in [-0.2, -0.15) is 5.10 Å². The number of rotatable bonds is 4. The maximum atomic E-state index is 11.8. The van der Waals surface area contributed by atoms with Crippen LogP contribution in [0.3, 0.4) is 0 Å². The van der Waals surface area contributed by atoms with Crippen LogP contribution in [0, 0.1) is 5.92 Å². The molecule has 1 aromatic rings. The summed E-state index contributed by atoms with van der Waals surface area (Å²) in [5.41, 5.74) is 3.56. The van der Waals surface area contributed by atoms with Crippen LogP contribution in [0.15, 0.2) is 23.3 Å². The minimum Gasteiger partial charge on any atom is -0.351 e. The lowest BCUT2D eigenvalue weighted by molar-refractivity contribution is -0.120. The number of nitrogens with zero attached hydrogens (tertiary/aromatic N) is 1. The minimum absolute atomic E-state index is 0.0446. The van der Waals surface area contributed by atoms with Crippen LogP contribution >= 0.6 is 23.2 Å². The molecule has 0 saturated heterocycles. The molecule has 0 spiro atoms. The number of hydrogen-bond donors (Lipinski definition) is 2. The SMILES string of the molecule is O=C1CC(C(=O)NC[C@@H]2C[C@H]2c2ccc(Cl)cc2Cl)=NN1. The second-order valence-corrected chi connectivity index (χ2v) is 6.09. The van der Waals surface area contributed by atoms with E-state index in [-0.39, 0.29) is 23.9 Å². The Morgan fingerprint density at radius 3 is 2.90 bits per heavy atom. The van der Waals surface area contributed by atoms with Crippen LogP contribution in [-0.4, -0.2) is 24.1 Å². The Morgan fingerprint density at radius 1 is 1.43 bits per heavy atom. The Hall–Kier alpha value is -1.59. The molecule has 0 radical (unpaired) electrons. The quantitative estimate of drug-likeness (QED) is 0.889. The van der Waals surface area contributed by atoms with Gasteiger partial charge in [-0.3, -0.25) is 9.59 Å². The Kier molecular flexibility index (Phi) is 3.87. The molecule has 1 heterocycles. The van der Waals surface area contributed by atoms with Crippen LogP contribution in [0.5, 0.6) is 0 Å². The fourth-order valence-corrected chi connectivity index (χ4v) is 3.02. The monoisotopic (exact) mass is 325 g/mol. The van der Waals surface area contributed by atoms with Crippen molar-refractivity contribution in [3.05, 3.63) is 33.8 Å². The van der Waals surface area contributed by atoms with Crippen molar-refractivity contribution < 1.29 is 9.59 Å². The molecular formula is C14H13Cl2N3O2. The minimum atomic E-state index is -0.291. The molecule has 1 aromatic carbocycles. The average Bonchev–Trinajstić information content (AvgIpc) is 3.07. The van der Waals surface area contributed by atoms with Crippen molar-refractivity contribution in [2.75, 3.05) is 6.54 Å². The Bertz CT molecular complexity index is 645. The number of hydrazone groups is 1. The maximum absolute atomic E-state index is 11.8. The summed E-state index contributed by atoms with van der Waals surface area (Å²) < 4.78 is 0. The van der Waals surface area contributed by atoms with Gasteiger partial charge in [0, 0.05) is 16.6 Å². The third-order valence-electron chi connectivity index (χ3n) is 3.72. The number of amides is 2. The third-order valence-corrected chi connectivity index (χ3v) is 4.28. The predicted molar refractivity (Wildman–Crippen MR) is 80.5 cm³/mol. The van der Waals surface area contributed by atoms with Gasteiger partial charge >= 0.3 is 0 Å². The lowest BCUT2D eigenvalue weighted by Gasteiger charge is -2.06. The molecule has 0 unspecified atom stereocenters. The fraction of sp³-hybridized carbons (Fsp3) is 0.357. The van der Waals surface area contributed by atoms with Crippen molar-refractivity contribution in [3.63, 3.8) is 0 Å². The zero-order chi connectivity index (χ0) is 15.0. The first kappa shape index (κ1) is 14.4. The summed E-state index contributed by atoms with van der Waals surface area (Å²) in [6, 6.07) is 5.49. The number of benzene rings is 1. The van der Waals surface area contributed by atoms with Crippen molar-refractivity contribution in [1.29, 1.82) is 0 Å². The van der Waals surface area contributed by atoms with E-state index in [9.17, 15) is 9.59 Å². The highest BCUT2D eigenvalue weighted by molar-refractivity contribution is 6.43. The molecule has 1 saturated carbocycles. The highest BCUT2D eigenvalue weighted by atomic mass is 35.5. The summed E-state index contributed by atoms with van der Waals surface area (Å²) in [7, 11) is 0.